The molecular weight excluding hydrogens is 401 g/mol. The lowest BCUT2D eigenvalue weighted by molar-refractivity contribution is 0.340. The van der Waals surface area contributed by atoms with Gasteiger partial charge in [-0.25, -0.2) is 17.8 Å². The third-order valence-corrected chi connectivity index (χ3v) is 5.98. The minimum atomic E-state index is -3.60. The van der Waals surface area contributed by atoms with Crippen LogP contribution < -0.4 is 9.46 Å². The van der Waals surface area contributed by atoms with Crippen LogP contribution in [0, 0.1) is 5.82 Å². The molecule has 2 heterocycles. The van der Waals surface area contributed by atoms with Gasteiger partial charge in [0.25, 0.3) is 0 Å². The van der Waals surface area contributed by atoms with Gasteiger partial charge in [-0.1, -0.05) is 12.1 Å². The SMILES string of the molecule is O=S(=O)(CCOc1ccc(F)cc1)Nc1cccc(-c2cn3ccsc3n2)c1. The molecule has 1 N–H and O–H groups in total. The van der Waals surface area contributed by atoms with E-state index in [-0.39, 0.29) is 18.2 Å². The monoisotopic (exact) mass is 417 g/mol. The van der Waals surface area contributed by atoms with Crippen molar-refractivity contribution >= 4 is 32.0 Å². The molecule has 0 radical (unpaired) electrons. The van der Waals surface area contributed by atoms with E-state index >= 15 is 0 Å². The molecule has 0 saturated heterocycles. The Bertz CT molecular complexity index is 1170. The van der Waals surface area contributed by atoms with Crippen molar-refractivity contribution in [3.05, 3.63) is 72.1 Å². The molecule has 0 atom stereocenters. The van der Waals surface area contributed by atoms with Crippen molar-refractivity contribution in [3.8, 4) is 17.0 Å². The first-order valence-electron chi connectivity index (χ1n) is 8.40. The second kappa shape index (κ2) is 7.61. The van der Waals surface area contributed by atoms with Gasteiger partial charge in [0, 0.05) is 29.0 Å². The Morgan fingerprint density at radius 2 is 2.00 bits per heavy atom. The summed E-state index contributed by atoms with van der Waals surface area (Å²) in [6, 6.07) is 12.5. The molecule has 0 spiro atoms. The van der Waals surface area contributed by atoms with E-state index < -0.39 is 10.0 Å². The van der Waals surface area contributed by atoms with Gasteiger partial charge in [-0.15, -0.1) is 11.3 Å². The molecule has 0 bridgehead atoms. The van der Waals surface area contributed by atoms with E-state index in [0.717, 1.165) is 16.2 Å². The molecule has 9 heteroatoms. The number of anilines is 1. The Kier molecular flexibility index (Phi) is 5.01. The van der Waals surface area contributed by atoms with Crippen LogP contribution in [0.25, 0.3) is 16.2 Å². The van der Waals surface area contributed by atoms with Crippen LogP contribution in [0.15, 0.2) is 66.3 Å². The number of hydrogen-bond donors (Lipinski definition) is 1. The van der Waals surface area contributed by atoms with Crippen LogP contribution in [0.4, 0.5) is 10.1 Å². The van der Waals surface area contributed by atoms with Crippen LogP contribution in [-0.2, 0) is 10.0 Å². The van der Waals surface area contributed by atoms with Crippen molar-refractivity contribution in [2.75, 3.05) is 17.1 Å². The maximum Gasteiger partial charge on any atom is 0.236 e. The molecule has 0 saturated carbocycles. The van der Waals surface area contributed by atoms with Crippen LogP contribution in [0.3, 0.4) is 0 Å². The normalized spacial score (nSPS) is 11.6. The summed E-state index contributed by atoms with van der Waals surface area (Å²) in [5.74, 6) is -0.188. The topological polar surface area (TPSA) is 72.7 Å². The Hall–Kier alpha value is -2.91. The Morgan fingerprint density at radius 1 is 1.18 bits per heavy atom. The number of aromatic nitrogens is 2. The molecule has 144 valence electrons. The summed E-state index contributed by atoms with van der Waals surface area (Å²) in [6.45, 7) is -0.0437. The predicted octanol–water partition coefficient (Wildman–Crippen LogP) is 4.02. The molecular formula is C19H16FN3O3S2. The van der Waals surface area contributed by atoms with Crippen LogP contribution in [0.5, 0.6) is 5.75 Å². The summed E-state index contributed by atoms with van der Waals surface area (Å²) in [6.07, 6.45) is 3.82. The fourth-order valence-electron chi connectivity index (χ4n) is 2.64. The lowest BCUT2D eigenvalue weighted by Crippen LogP contribution is -2.21. The minimum Gasteiger partial charge on any atom is -0.492 e. The molecule has 4 rings (SSSR count). The highest BCUT2D eigenvalue weighted by Crippen LogP contribution is 2.24. The highest BCUT2D eigenvalue weighted by Gasteiger charge is 2.12. The number of benzene rings is 2. The van der Waals surface area contributed by atoms with E-state index in [1.807, 2.05) is 28.2 Å². The van der Waals surface area contributed by atoms with Gasteiger partial charge in [0.2, 0.25) is 10.0 Å². The van der Waals surface area contributed by atoms with Crippen molar-refractivity contribution < 1.29 is 17.5 Å². The van der Waals surface area contributed by atoms with Crippen LogP contribution in [0.1, 0.15) is 0 Å². The van der Waals surface area contributed by atoms with Gasteiger partial charge in [0.1, 0.15) is 23.9 Å². The molecule has 0 aliphatic rings. The smallest absolute Gasteiger partial charge is 0.236 e. The first-order chi connectivity index (χ1) is 13.5. The third-order valence-electron chi connectivity index (χ3n) is 3.96. The Labute approximate surface area is 165 Å². The molecule has 0 aliphatic carbocycles. The molecule has 0 unspecified atom stereocenters. The number of thiazole rings is 1. The molecule has 6 nitrogen and oxygen atoms in total. The van der Waals surface area contributed by atoms with Crippen molar-refractivity contribution in [1.82, 2.24) is 9.38 Å². The number of rotatable bonds is 7. The number of sulfonamides is 1. The molecule has 2 aromatic carbocycles. The Balaban J connectivity index is 1.41. The highest BCUT2D eigenvalue weighted by atomic mass is 32.2. The standard InChI is InChI=1S/C19H16FN3O3S2/c20-15-4-6-17(7-5-15)26-9-11-28(24,25)22-16-3-1-2-14(12-16)18-13-23-8-10-27-19(23)21-18/h1-8,10,12-13,22H,9,11H2. The first kappa shape index (κ1) is 18.5. The van der Waals surface area contributed by atoms with Crippen molar-refractivity contribution in [2.45, 2.75) is 0 Å². The van der Waals surface area contributed by atoms with E-state index in [2.05, 4.69) is 9.71 Å². The summed E-state index contributed by atoms with van der Waals surface area (Å²) >= 11 is 1.53. The maximum atomic E-state index is 12.9. The number of fused-ring (bicyclic) bond motifs is 1. The van der Waals surface area contributed by atoms with Crippen molar-refractivity contribution in [3.63, 3.8) is 0 Å². The number of hydrogen-bond acceptors (Lipinski definition) is 5. The fraction of sp³-hybridized carbons (Fsp3) is 0.105. The minimum absolute atomic E-state index is 0.0437. The highest BCUT2D eigenvalue weighted by molar-refractivity contribution is 7.92. The zero-order valence-electron chi connectivity index (χ0n) is 14.6. The van der Waals surface area contributed by atoms with Gasteiger partial charge < -0.3 is 4.74 Å². The van der Waals surface area contributed by atoms with E-state index in [9.17, 15) is 12.8 Å². The van der Waals surface area contributed by atoms with Crippen molar-refractivity contribution in [2.24, 2.45) is 0 Å². The second-order valence-corrected chi connectivity index (χ2v) is 8.74. The zero-order chi connectivity index (χ0) is 19.6. The fourth-order valence-corrected chi connectivity index (χ4v) is 4.23. The van der Waals surface area contributed by atoms with Gasteiger partial charge in [-0.05, 0) is 36.4 Å². The van der Waals surface area contributed by atoms with E-state index in [1.165, 1.54) is 35.6 Å². The number of nitrogens with zero attached hydrogens (tertiary/aromatic N) is 2. The molecule has 28 heavy (non-hydrogen) atoms. The first-order valence-corrected chi connectivity index (χ1v) is 10.9. The average Bonchev–Trinajstić information content (AvgIpc) is 3.25. The number of nitrogens with one attached hydrogen (secondary N) is 1. The average molecular weight is 417 g/mol. The number of ether oxygens (including phenoxy) is 1. The van der Waals surface area contributed by atoms with Gasteiger partial charge in [-0.2, -0.15) is 0 Å². The van der Waals surface area contributed by atoms with Crippen LogP contribution in [0.2, 0.25) is 0 Å². The molecule has 2 aromatic heterocycles. The van der Waals surface area contributed by atoms with E-state index in [1.54, 1.807) is 18.2 Å². The molecule has 0 amide bonds. The summed E-state index contributed by atoms with van der Waals surface area (Å²) < 4.78 is 47.3. The van der Waals surface area contributed by atoms with Gasteiger partial charge in [0.05, 0.1) is 5.69 Å². The molecule has 0 aliphatic heterocycles. The molecule has 0 fully saturated rings. The zero-order valence-corrected chi connectivity index (χ0v) is 16.2. The number of halogens is 1. The van der Waals surface area contributed by atoms with Gasteiger partial charge in [-0.3, -0.25) is 9.12 Å². The Morgan fingerprint density at radius 3 is 2.79 bits per heavy atom. The second-order valence-electron chi connectivity index (χ2n) is 6.02. The van der Waals surface area contributed by atoms with Gasteiger partial charge in [0.15, 0.2) is 4.96 Å². The summed E-state index contributed by atoms with van der Waals surface area (Å²) in [4.78, 5) is 5.40. The lowest BCUT2D eigenvalue weighted by atomic mass is 10.1. The number of imidazole rings is 1. The maximum absolute atomic E-state index is 12.9. The van der Waals surface area contributed by atoms with E-state index in [4.69, 9.17) is 4.74 Å². The predicted molar refractivity (Wildman–Crippen MR) is 108 cm³/mol. The lowest BCUT2D eigenvalue weighted by Gasteiger charge is -2.10. The van der Waals surface area contributed by atoms with Crippen LogP contribution >= 0.6 is 11.3 Å². The van der Waals surface area contributed by atoms with Gasteiger partial charge >= 0.3 is 0 Å². The van der Waals surface area contributed by atoms with E-state index in [0.29, 0.717) is 11.4 Å². The summed E-state index contributed by atoms with van der Waals surface area (Å²) in [7, 11) is -3.60. The summed E-state index contributed by atoms with van der Waals surface area (Å²) in [5, 5.41) is 1.95. The largest absolute Gasteiger partial charge is 0.492 e. The quantitative estimate of drug-likeness (QED) is 0.493. The van der Waals surface area contributed by atoms with Crippen LogP contribution in [-0.4, -0.2) is 30.2 Å². The third kappa shape index (κ3) is 4.32. The summed E-state index contributed by atoms with van der Waals surface area (Å²) in [5.41, 5.74) is 2.04. The van der Waals surface area contributed by atoms with Crippen molar-refractivity contribution in [1.29, 1.82) is 0 Å². The molecule has 4 aromatic rings.